The molecule has 1 aliphatic heterocycles. The van der Waals surface area contributed by atoms with Crippen LogP contribution in [0.25, 0.3) is 0 Å². The monoisotopic (exact) mass is 318 g/mol. The second-order valence-corrected chi connectivity index (χ2v) is 5.43. The van der Waals surface area contributed by atoms with Crippen LogP contribution in [0.2, 0.25) is 0 Å². The zero-order valence-electron chi connectivity index (χ0n) is 13.7. The molecule has 2 amide bonds. The van der Waals surface area contributed by atoms with Crippen LogP contribution in [0.1, 0.15) is 25.8 Å². The molecule has 0 aromatic heterocycles. The Bertz CT molecular complexity index is 593. The highest BCUT2D eigenvalue weighted by atomic mass is 16.5. The molecule has 0 aliphatic carbocycles. The first-order valence-electron chi connectivity index (χ1n) is 7.78. The maximum Gasteiger partial charge on any atom is 0.309 e. The van der Waals surface area contributed by atoms with Gasteiger partial charge < -0.3 is 4.74 Å². The van der Waals surface area contributed by atoms with Gasteiger partial charge in [0.25, 0.3) is 5.91 Å². The minimum absolute atomic E-state index is 0.167. The Hall–Kier alpha value is -2.21. The summed E-state index contributed by atoms with van der Waals surface area (Å²) in [5, 5.41) is 0. The number of nitrogens with zero attached hydrogens (tertiary/aromatic N) is 2. The van der Waals surface area contributed by atoms with Gasteiger partial charge in [-0.3, -0.25) is 19.3 Å². The molecule has 1 fully saturated rings. The van der Waals surface area contributed by atoms with Crippen molar-refractivity contribution in [2.45, 2.75) is 32.7 Å². The van der Waals surface area contributed by atoms with E-state index in [1.54, 1.807) is 24.3 Å². The maximum absolute atomic E-state index is 12.6. The van der Waals surface area contributed by atoms with Crippen LogP contribution >= 0.6 is 0 Å². The van der Waals surface area contributed by atoms with Gasteiger partial charge >= 0.3 is 5.97 Å². The average Bonchev–Trinajstić information content (AvgIpc) is 2.84. The second kappa shape index (κ2) is 7.37. The molecule has 1 aromatic carbocycles. The SMILES string of the molecule is CCN(CC)[C@H]1CC(=O)N(c2ccc(CC(=O)OC)cc2)C1=O. The summed E-state index contributed by atoms with van der Waals surface area (Å²) >= 11 is 0. The smallest absolute Gasteiger partial charge is 0.309 e. The summed E-state index contributed by atoms with van der Waals surface area (Å²) in [4.78, 5) is 39.3. The topological polar surface area (TPSA) is 66.9 Å². The van der Waals surface area contributed by atoms with Crippen molar-refractivity contribution in [1.82, 2.24) is 4.90 Å². The Balaban J connectivity index is 2.16. The summed E-state index contributed by atoms with van der Waals surface area (Å²) in [7, 11) is 1.34. The molecule has 1 atom stereocenters. The highest BCUT2D eigenvalue weighted by Crippen LogP contribution is 2.26. The van der Waals surface area contributed by atoms with Crippen LogP contribution in [0.3, 0.4) is 0 Å². The lowest BCUT2D eigenvalue weighted by molar-refractivity contribution is -0.139. The van der Waals surface area contributed by atoms with Crippen molar-refractivity contribution >= 4 is 23.5 Å². The molecular weight excluding hydrogens is 296 g/mol. The number of hydrogen-bond acceptors (Lipinski definition) is 5. The van der Waals surface area contributed by atoms with Crippen LogP contribution in [-0.2, 0) is 25.5 Å². The van der Waals surface area contributed by atoms with Crippen LogP contribution in [0.5, 0.6) is 0 Å². The molecule has 1 aliphatic rings. The fraction of sp³-hybridized carbons (Fsp3) is 0.471. The van der Waals surface area contributed by atoms with Gasteiger partial charge in [-0.05, 0) is 30.8 Å². The van der Waals surface area contributed by atoms with Crippen molar-refractivity contribution in [2.24, 2.45) is 0 Å². The summed E-state index contributed by atoms with van der Waals surface area (Å²) < 4.78 is 4.62. The number of ether oxygens (including phenoxy) is 1. The van der Waals surface area contributed by atoms with Crippen LogP contribution in [0, 0.1) is 0 Å². The Morgan fingerprint density at radius 1 is 1.22 bits per heavy atom. The number of imide groups is 1. The fourth-order valence-electron chi connectivity index (χ4n) is 2.84. The Kier molecular flexibility index (Phi) is 5.50. The molecule has 0 saturated carbocycles. The molecule has 1 saturated heterocycles. The van der Waals surface area contributed by atoms with E-state index in [2.05, 4.69) is 4.74 Å². The highest BCUT2D eigenvalue weighted by Gasteiger charge is 2.41. The number of esters is 1. The number of hydrogen-bond donors (Lipinski definition) is 0. The van der Waals surface area contributed by atoms with Gasteiger partial charge in [-0.25, -0.2) is 4.90 Å². The molecule has 1 aromatic rings. The molecule has 0 N–H and O–H groups in total. The molecule has 23 heavy (non-hydrogen) atoms. The predicted molar refractivity (Wildman–Crippen MR) is 86.0 cm³/mol. The summed E-state index contributed by atoms with van der Waals surface area (Å²) in [6.07, 6.45) is 0.380. The molecule has 124 valence electrons. The summed E-state index contributed by atoms with van der Waals surface area (Å²) in [6, 6.07) is 6.47. The van der Waals surface area contributed by atoms with E-state index in [-0.39, 0.29) is 36.7 Å². The number of carbonyl (C=O) groups is 3. The van der Waals surface area contributed by atoms with Crippen molar-refractivity contribution in [3.05, 3.63) is 29.8 Å². The number of anilines is 1. The zero-order valence-corrected chi connectivity index (χ0v) is 13.7. The molecule has 2 rings (SSSR count). The lowest BCUT2D eigenvalue weighted by atomic mass is 10.1. The third kappa shape index (κ3) is 3.59. The van der Waals surface area contributed by atoms with E-state index in [1.807, 2.05) is 18.7 Å². The van der Waals surface area contributed by atoms with E-state index < -0.39 is 0 Å². The first-order chi connectivity index (χ1) is 11.0. The van der Waals surface area contributed by atoms with Crippen LogP contribution in [0.4, 0.5) is 5.69 Å². The second-order valence-electron chi connectivity index (χ2n) is 5.43. The van der Waals surface area contributed by atoms with Crippen LogP contribution < -0.4 is 4.90 Å². The van der Waals surface area contributed by atoms with E-state index >= 15 is 0 Å². The van der Waals surface area contributed by atoms with E-state index in [4.69, 9.17) is 0 Å². The van der Waals surface area contributed by atoms with Gasteiger partial charge in [0.15, 0.2) is 0 Å². The number of benzene rings is 1. The van der Waals surface area contributed by atoms with Gasteiger partial charge in [0.1, 0.15) is 0 Å². The lowest BCUT2D eigenvalue weighted by Crippen LogP contribution is -2.42. The molecule has 6 heteroatoms. The summed E-state index contributed by atoms with van der Waals surface area (Å²) in [6.45, 7) is 5.41. The van der Waals surface area contributed by atoms with Crippen molar-refractivity contribution in [3.63, 3.8) is 0 Å². The van der Waals surface area contributed by atoms with Crippen molar-refractivity contribution in [3.8, 4) is 0 Å². The number of likely N-dealkylation sites (N-methyl/N-ethyl adjacent to an activating group) is 1. The lowest BCUT2D eigenvalue weighted by Gasteiger charge is -2.24. The quantitative estimate of drug-likeness (QED) is 0.585. The van der Waals surface area contributed by atoms with Crippen molar-refractivity contribution in [1.29, 1.82) is 0 Å². The third-order valence-electron chi connectivity index (χ3n) is 4.15. The normalized spacial score (nSPS) is 17.9. The minimum atomic E-state index is -0.382. The number of amides is 2. The third-order valence-corrected chi connectivity index (χ3v) is 4.15. The average molecular weight is 318 g/mol. The van der Waals surface area contributed by atoms with Crippen molar-refractivity contribution < 1.29 is 19.1 Å². The first-order valence-corrected chi connectivity index (χ1v) is 7.78. The summed E-state index contributed by atoms with van der Waals surface area (Å²) in [5.74, 6) is -0.695. The minimum Gasteiger partial charge on any atom is -0.469 e. The summed E-state index contributed by atoms with van der Waals surface area (Å²) in [5.41, 5.74) is 1.32. The van der Waals surface area contributed by atoms with Gasteiger partial charge in [-0.2, -0.15) is 0 Å². The van der Waals surface area contributed by atoms with Gasteiger partial charge in [-0.15, -0.1) is 0 Å². The van der Waals surface area contributed by atoms with E-state index in [0.717, 1.165) is 18.7 Å². The Morgan fingerprint density at radius 3 is 2.35 bits per heavy atom. The van der Waals surface area contributed by atoms with Gasteiger partial charge in [0.2, 0.25) is 5.91 Å². The van der Waals surface area contributed by atoms with Crippen LogP contribution in [-0.4, -0.2) is 48.9 Å². The Morgan fingerprint density at radius 2 is 1.83 bits per heavy atom. The van der Waals surface area contributed by atoms with Crippen LogP contribution in [0.15, 0.2) is 24.3 Å². The maximum atomic E-state index is 12.6. The highest BCUT2D eigenvalue weighted by molar-refractivity contribution is 6.22. The van der Waals surface area contributed by atoms with Gasteiger partial charge in [0.05, 0.1) is 31.7 Å². The largest absolute Gasteiger partial charge is 0.469 e. The molecule has 6 nitrogen and oxygen atoms in total. The number of methoxy groups -OCH3 is 1. The molecule has 0 spiro atoms. The fourth-order valence-corrected chi connectivity index (χ4v) is 2.84. The van der Waals surface area contributed by atoms with E-state index in [1.165, 1.54) is 12.0 Å². The molecule has 0 unspecified atom stereocenters. The molecule has 1 heterocycles. The number of rotatable bonds is 6. The predicted octanol–water partition coefficient (Wildman–Crippen LogP) is 1.38. The van der Waals surface area contributed by atoms with Crippen molar-refractivity contribution in [2.75, 3.05) is 25.1 Å². The Labute approximate surface area is 136 Å². The molecule has 0 bridgehead atoms. The zero-order chi connectivity index (χ0) is 17.0. The van der Waals surface area contributed by atoms with E-state index in [0.29, 0.717) is 5.69 Å². The molecule has 0 radical (unpaired) electrons. The number of carbonyl (C=O) groups excluding carboxylic acids is 3. The molecular formula is C17H22N2O4. The first kappa shape index (κ1) is 17.1. The standard InChI is InChI=1S/C17H22N2O4/c1-4-18(5-2)14-11-15(20)19(17(14)22)13-8-6-12(7-9-13)10-16(21)23-3/h6-9,14H,4-5,10-11H2,1-3H3/t14-/m0/s1. The van der Waals surface area contributed by atoms with Gasteiger partial charge in [0, 0.05) is 0 Å². The van der Waals surface area contributed by atoms with E-state index in [9.17, 15) is 14.4 Å². The van der Waals surface area contributed by atoms with Gasteiger partial charge in [-0.1, -0.05) is 26.0 Å².